The third-order valence-corrected chi connectivity index (χ3v) is 2.99. The molecular weight excluding hydrogens is 286 g/mol. The van der Waals surface area contributed by atoms with Crippen LogP contribution in [0.4, 0.5) is 11.5 Å². The predicted molar refractivity (Wildman–Crippen MR) is 82.0 cm³/mol. The Morgan fingerprint density at radius 1 is 1.23 bits per heavy atom. The highest BCUT2D eigenvalue weighted by atomic mass is 16.6. The van der Waals surface area contributed by atoms with Crippen LogP contribution < -0.4 is 10.2 Å². The van der Waals surface area contributed by atoms with Gasteiger partial charge in [0.1, 0.15) is 12.1 Å². The van der Waals surface area contributed by atoms with Gasteiger partial charge in [0.15, 0.2) is 0 Å². The van der Waals surface area contributed by atoms with Crippen LogP contribution in [0.5, 0.6) is 11.6 Å². The first-order valence-corrected chi connectivity index (χ1v) is 6.57. The number of ether oxygens (including phenoxy) is 1. The molecule has 0 atom stereocenters. The van der Waals surface area contributed by atoms with E-state index in [-0.39, 0.29) is 17.4 Å². The number of aryl methyl sites for hydroxylation is 2. The van der Waals surface area contributed by atoms with Crippen molar-refractivity contribution in [1.82, 2.24) is 15.0 Å². The van der Waals surface area contributed by atoms with E-state index in [1.165, 1.54) is 6.33 Å². The monoisotopic (exact) mass is 303 g/mol. The van der Waals surface area contributed by atoms with E-state index >= 15 is 0 Å². The molecule has 0 radical (unpaired) electrons. The predicted octanol–water partition coefficient (Wildman–Crippen LogP) is 2.68. The fraction of sp³-hybridized carbons (Fsp3) is 0.286. The highest BCUT2D eigenvalue weighted by Crippen LogP contribution is 2.34. The highest BCUT2D eigenvalue weighted by Gasteiger charge is 2.25. The van der Waals surface area contributed by atoms with E-state index in [0.29, 0.717) is 5.75 Å². The molecule has 0 saturated carbocycles. The molecule has 1 aromatic heterocycles. The third kappa shape index (κ3) is 3.47. The summed E-state index contributed by atoms with van der Waals surface area (Å²) in [6.45, 7) is 3.92. The number of rotatable bonds is 5. The van der Waals surface area contributed by atoms with Crippen molar-refractivity contribution >= 4 is 11.5 Å². The summed E-state index contributed by atoms with van der Waals surface area (Å²) in [5.41, 5.74) is 4.59. The first-order valence-electron chi connectivity index (χ1n) is 6.57. The topological polar surface area (TPSA) is 93.4 Å². The van der Waals surface area contributed by atoms with Gasteiger partial charge in [-0.2, -0.15) is 4.98 Å². The number of hydrogen-bond acceptors (Lipinski definition) is 7. The van der Waals surface area contributed by atoms with Gasteiger partial charge >= 0.3 is 11.6 Å². The summed E-state index contributed by atoms with van der Waals surface area (Å²) in [5, 5.41) is 12.9. The third-order valence-electron chi connectivity index (χ3n) is 2.99. The van der Waals surface area contributed by atoms with Crippen LogP contribution in [0.25, 0.3) is 0 Å². The fourth-order valence-electron chi connectivity index (χ4n) is 1.78. The van der Waals surface area contributed by atoms with Crippen LogP contribution in [0, 0.1) is 24.0 Å². The summed E-state index contributed by atoms with van der Waals surface area (Å²) in [6, 6.07) is 5.43. The average Bonchev–Trinajstić information content (AvgIpc) is 2.42. The van der Waals surface area contributed by atoms with Gasteiger partial charge in [-0.25, -0.2) is 9.99 Å². The average molecular weight is 303 g/mol. The van der Waals surface area contributed by atoms with Crippen molar-refractivity contribution in [2.75, 3.05) is 19.5 Å². The Kier molecular flexibility index (Phi) is 4.52. The van der Waals surface area contributed by atoms with Crippen LogP contribution in [0.1, 0.15) is 11.1 Å². The number of aromatic nitrogens is 2. The van der Waals surface area contributed by atoms with E-state index in [2.05, 4.69) is 15.4 Å². The Morgan fingerprint density at radius 2 is 1.95 bits per heavy atom. The van der Waals surface area contributed by atoms with Crippen LogP contribution in [-0.4, -0.2) is 34.0 Å². The van der Waals surface area contributed by atoms with Crippen LogP contribution >= 0.6 is 0 Å². The van der Waals surface area contributed by atoms with Gasteiger partial charge < -0.3 is 4.74 Å². The van der Waals surface area contributed by atoms with Gasteiger partial charge in [0, 0.05) is 14.1 Å². The maximum absolute atomic E-state index is 11.3. The Morgan fingerprint density at radius 3 is 2.55 bits per heavy atom. The van der Waals surface area contributed by atoms with Gasteiger partial charge in [-0.3, -0.25) is 15.5 Å². The van der Waals surface area contributed by atoms with Gasteiger partial charge in [-0.05, 0) is 37.1 Å². The molecule has 0 spiro atoms. The summed E-state index contributed by atoms with van der Waals surface area (Å²) in [6.07, 6.45) is 1.22. The zero-order valence-corrected chi connectivity index (χ0v) is 12.8. The lowest BCUT2D eigenvalue weighted by molar-refractivity contribution is -0.385. The molecule has 0 bridgehead atoms. The molecule has 0 fully saturated rings. The lowest BCUT2D eigenvalue weighted by atomic mass is 10.1. The molecule has 1 N–H and O–H groups in total. The molecule has 0 unspecified atom stereocenters. The summed E-state index contributed by atoms with van der Waals surface area (Å²) < 4.78 is 5.58. The number of nitrogens with one attached hydrogen (secondary N) is 1. The second-order valence-electron chi connectivity index (χ2n) is 4.99. The van der Waals surface area contributed by atoms with Crippen molar-refractivity contribution in [3.05, 3.63) is 45.8 Å². The van der Waals surface area contributed by atoms with E-state index in [1.54, 1.807) is 31.2 Å². The quantitative estimate of drug-likeness (QED) is 0.670. The molecule has 2 aromatic rings. The number of nitro groups is 1. The number of anilines is 1. The van der Waals surface area contributed by atoms with Crippen molar-refractivity contribution in [3.8, 4) is 11.6 Å². The minimum atomic E-state index is -0.567. The second kappa shape index (κ2) is 6.35. The lowest BCUT2D eigenvalue weighted by Gasteiger charge is -2.13. The smallest absolute Gasteiger partial charge is 0.374 e. The molecule has 22 heavy (non-hydrogen) atoms. The summed E-state index contributed by atoms with van der Waals surface area (Å²) in [5.74, 6) is 0.456. The normalized spacial score (nSPS) is 10.6. The molecule has 1 heterocycles. The molecule has 8 heteroatoms. The summed E-state index contributed by atoms with van der Waals surface area (Å²) in [7, 11) is 3.41. The lowest BCUT2D eigenvalue weighted by Crippen LogP contribution is -2.21. The molecule has 0 amide bonds. The van der Waals surface area contributed by atoms with E-state index in [4.69, 9.17) is 4.74 Å². The van der Waals surface area contributed by atoms with Gasteiger partial charge in [-0.15, -0.1) is 0 Å². The Bertz CT molecular complexity index is 703. The summed E-state index contributed by atoms with van der Waals surface area (Å²) >= 11 is 0. The summed E-state index contributed by atoms with van der Waals surface area (Å²) in [4.78, 5) is 18.5. The SMILES string of the molecule is Cc1ccc(Oc2ncnc(NN(C)C)c2[N+](=O)[O-])cc1C. The Labute approximate surface area is 127 Å². The number of hydrazine groups is 1. The maximum atomic E-state index is 11.3. The molecule has 1 aromatic carbocycles. The van der Waals surface area contributed by atoms with Crippen molar-refractivity contribution in [2.24, 2.45) is 0 Å². The van der Waals surface area contributed by atoms with E-state index < -0.39 is 4.92 Å². The molecule has 0 saturated heterocycles. The highest BCUT2D eigenvalue weighted by molar-refractivity contribution is 5.61. The van der Waals surface area contributed by atoms with Crippen molar-refractivity contribution in [3.63, 3.8) is 0 Å². The first kappa shape index (κ1) is 15.6. The van der Waals surface area contributed by atoms with Crippen molar-refractivity contribution in [2.45, 2.75) is 13.8 Å². The van der Waals surface area contributed by atoms with Crippen molar-refractivity contribution in [1.29, 1.82) is 0 Å². The molecule has 2 rings (SSSR count). The second-order valence-corrected chi connectivity index (χ2v) is 4.99. The van der Waals surface area contributed by atoms with Gasteiger partial charge in [0.05, 0.1) is 4.92 Å². The molecular formula is C14H17N5O3. The van der Waals surface area contributed by atoms with Crippen LogP contribution in [0.15, 0.2) is 24.5 Å². The van der Waals surface area contributed by atoms with E-state index in [0.717, 1.165) is 11.1 Å². The van der Waals surface area contributed by atoms with Gasteiger partial charge in [-0.1, -0.05) is 6.07 Å². The first-order chi connectivity index (χ1) is 10.4. The number of hydrogen-bond donors (Lipinski definition) is 1. The minimum Gasteiger partial charge on any atom is -0.434 e. The molecule has 116 valence electrons. The van der Waals surface area contributed by atoms with Gasteiger partial charge in [0.2, 0.25) is 5.82 Å². The van der Waals surface area contributed by atoms with Crippen molar-refractivity contribution < 1.29 is 9.66 Å². The number of benzene rings is 1. The standard InChI is InChI=1S/C14H17N5O3/c1-9-5-6-11(7-10(9)2)22-14-12(19(20)21)13(15-8-16-14)17-18(3)4/h5-8H,1-4H3,(H,15,16,17). The Balaban J connectivity index is 2.41. The molecule has 8 nitrogen and oxygen atoms in total. The zero-order chi connectivity index (χ0) is 16.3. The zero-order valence-electron chi connectivity index (χ0n) is 12.8. The van der Waals surface area contributed by atoms with E-state index in [9.17, 15) is 10.1 Å². The molecule has 0 aliphatic rings. The van der Waals surface area contributed by atoms with Crippen LogP contribution in [0.3, 0.4) is 0 Å². The maximum Gasteiger partial charge on any atom is 0.374 e. The molecule has 0 aliphatic carbocycles. The van der Waals surface area contributed by atoms with Crippen LogP contribution in [0.2, 0.25) is 0 Å². The molecule has 0 aliphatic heterocycles. The van der Waals surface area contributed by atoms with Crippen LogP contribution in [-0.2, 0) is 0 Å². The Hall–Kier alpha value is -2.74. The number of nitrogens with zero attached hydrogens (tertiary/aromatic N) is 4. The minimum absolute atomic E-state index is 0.0730. The van der Waals surface area contributed by atoms with E-state index in [1.807, 2.05) is 19.9 Å². The largest absolute Gasteiger partial charge is 0.434 e. The fourth-order valence-corrected chi connectivity index (χ4v) is 1.78. The van der Waals surface area contributed by atoms with Gasteiger partial charge in [0.25, 0.3) is 0 Å².